The van der Waals surface area contributed by atoms with Crippen LogP contribution in [0.15, 0.2) is 0 Å². The molecule has 0 aromatic carbocycles. The Morgan fingerprint density at radius 3 is 2.79 bits per heavy atom. The number of nitrogens with two attached hydrogens (primary N) is 1. The first-order chi connectivity index (χ1) is 6.66. The van der Waals surface area contributed by atoms with Crippen LogP contribution in [0.4, 0.5) is 0 Å². The van der Waals surface area contributed by atoms with Crippen LogP contribution in [0, 0.1) is 0 Å². The van der Waals surface area contributed by atoms with Crippen LogP contribution in [0.25, 0.3) is 0 Å². The third-order valence-electron chi connectivity index (χ3n) is 1.55. The number of carbonyl (C=O) groups excluding carboxylic acids is 1. The molecule has 0 fully saturated rings. The van der Waals surface area contributed by atoms with Crippen molar-refractivity contribution in [1.29, 1.82) is 0 Å². The lowest BCUT2D eigenvalue weighted by molar-refractivity contribution is -0.120. The van der Waals surface area contributed by atoms with Gasteiger partial charge < -0.3 is 15.8 Å². The topological polar surface area (TPSA) is 64.3 Å². The molecule has 3 N–H and O–H groups in total. The monoisotopic (exact) mass is 218 g/mol. The summed E-state index contributed by atoms with van der Waals surface area (Å²) in [7, 11) is 0. The van der Waals surface area contributed by atoms with Crippen molar-refractivity contribution in [2.24, 2.45) is 5.73 Å². The second-order valence-corrected chi connectivity index (χ2v) is 3.48. The van der Waals surface area contributed by atoms with Gasteiger partial charge in [-0.1, -0.05) is 25.6 Å². The molecule has 82 valence electrons. The molecule has 0 rings (SSSR count). The van der Waals surface area contributed by atoms with E-state index in [0.29, 0.717) is 13.2 Å². The van der Waals surface area contributed by atoms with Crippen LogP contribution in [0.3, 0.4) is 0 Å². The summed E-state index contributed by atoms with van der Waals surface area (Å²) in [6, 6.07) is 0. The van der Waals surface area contributed by atoms with Crippen molar-refractivity contribution in [3.63, 3.8) is 0 Å². The van der Waals surface area contributed by atoms with E-state index in [1.165, 1.54) is 0 Å². The Labute approximate surface area is 90.2 Å². The molecule has 0 spiro atoms. The lowest BCUT2D eigenvalue weighted by Gasteiger charge is -2.05. The van der Waals surface area contributed by atoms with E-state index in [9.17, 15) is 4.79 Å². The fourth-order valence-corrected chi connectivity index (χ4v) is 0.963. The zero-order valence-electron chi connectivity index (χ0n) is 8.54. The van der Waals surface area contributed by atoms with Crippen molar-refractivity contribution in [2.45, 2.75) is 26.2 Å². The molecule has 0 aliphatic carbocycles. The van der Waals surface area contributed by atoms with E-state index in [1.54, 1.807) is 0 Å². The van der Waals surface area contributed by atoms with E-state index in [1.807, 2.05) is 0 Å². The minimum atomic E-state index is -0.142. The molecule has 0 saturated heterocycles. The first kappa shape index (κ1) is 13.3. The van der Waals surface area contributed by atoms with Crippen LogP contribution in [0.5, 0.6) is 0 Å². The zero-order valence-corrected chi connectivity index (χ0v) is 9.36. The number of rotatable bonds is 8. The average Bonchev–Trinajstić information content (AvgIpc) is 2.10. The summed E-state index contributed by atoms with van der Waals surface area (Å²) in [5.74, 6) is -0.142. The fraction of sp³-hybridized carbons (Fsp3) is 0.778. The largest absolute Gasteiger partial charge is 0.393 e. The second-order valence-electron chi connectivity index (χ2n) is 2.96. The normalized spacial score (nSPS) is 9.79. The Hall–Kier alpha value is -0.680. The Bertz CT molecular complexity index is 186. The predicted octanol–water partition coefficient (Wildman–Crippen LogP) is 0.596. The summed E-state index contributed by atoms with van der Waals surface area (Å²) >= 11 is 4.59. The summed E-state index contributed by atoms with van der Waals surface area (Å²) in [6.07, 6.45) is 2.29. The van der Waals surface area contributed by atoms with Gasteiger partial charge in [0.1, 0.15) is 0 Å². The molecule has 0 aromatic rings. The van der Waals surface area contributed by atoms with Crippen LogP contribution >= 0.6 is 12.2 Å². The highest BCUT2D eigenvalue weighted by atomic mass is 32.1. The number of thiocarbonyl (C=S) groups is 1. The predicted molar refractivity (Wildman–Crippen MR) is 60.1 cm³/mol. The van der Waals surface area contributed by atoms with Gasteiger partial charge in [-0.05, 0) is 6.42 Å². The van der Waals surface area contributed by atoms with Gasteiger partial charge in [0.05, 0.1) is 18.0 Å². The van der Waals surface area contributed by atoms with E-state index >= 15 is 0 Å². The summed E-state index contributed by atoms with van der Waals surface area (Å²) in [6.45, 7) is 3.92. The molecule has 0 saturated carbocycles. The van der Waals surface area contributed by atoms with Crippen molar-refractivity contribution in [2.75, 3.05) is 19.8 Å². The molecular weight excluding hydrogens is 200 g/mol. The number of hydrogen-bond donors (Lipinski definition) is 2. The molecule has 4 nitrogen and oxygen atoms in total. The van der Waals surface area contributed by atoms with Crippen molar-refractivity contribution < 1.29 is 9.53 Å². The molecule has 5 heteroatoms. The van der Waals surface area contributed by atoms with Crippen molar-refractivity contribution in [1.82, 2.24) is 5.32 Å². The van der Waals surface area contributed by atoms with Crippen LogP contribution in [-0.4, -0.2) is 30.7 Å². The van der Waals surface area contributed by atoms with Gasteiger partial charge in [-0.25, -0.2) is 0 Å². The van der Waals surface area contributed by atoms with Gasteiger partial charge in [0.25, 0.3) is 0 Å². The molecular formula is C9H18N2O2S. The molecule has 0 radical (unpaired) electrons. The van der Waals surface area contributed by atoms with E-state index in [2.05, 4.69) is 24.5 Å². The molecule has 0 unspecified atom stereocenters. The number of nitrogens with one attached hydrogen (secondary N) is 1. The molecule has 0 aromatic heterocycles. The lowest BCUT2D eigenvalue weighted by Crippen LogP contribution is -2.30. The van der Waals surface area contributed by atoms with Gasteiger partial charge in [0.2, 0.25) is 5.91 Å². The highest BCUT2D eigenvalue weighted by Gasteiger charge is 2.00. The van der Waals surface area contributed by atoms with Crippen molar-refractivity contribution >= 4 is 23.1 Å². The zero-order chi connectivity index (χ0) is 10.8. The first-order valence-corrected chi connectivity index (χ1v) is 5.20. The van der Waals surface area contributed by atoms with E-state index in [4.69, 9.17) is 10.5 Å². The summed E-state index contributed by atoms with van der Waals surface area (Å²) < 4.78 is 5.25. The molecule has 0 heterocycles. The Morgan fingerprint density at radius 2 is 2.21 bits per heavy atom. The van der Waals surface area contributed by atoms with E-state index in [0.717, 1.165) is 19.4 Å². The second kappa shape index (κ2) is 8.90. The highest BCUT2D eigenvalue weighted by Crippen LogP contribution is 1.86. The molecule has 0 atom stereocenters. The SMILES string of the molecule is CCCCOCCNC(=O)CC(N)=S. The van der Waals surface area contributed by atoms with Gasteiger partial charge in [-0.15, -0.1) is 0 Å². The van der Waals surface area contributed by atoms with Crippen LogP contribution in [-0.2, 0) is 9.53 Å². The molecule has 1 amide bonds. The summed E-state index contributed by atoms with van der Waals surface area (Å²) in [5, 5.41) is 2.66. The number of carbonyl (C=O) groups is 1. The highest BCUT2D eigenvalue weighted by molar-refractivity contribution is 7.80. The van der Waals surface area contributed by atoms with Gasteiger partial charge >= 0.3 is 0 Å². The van der Waals surface area contributed by atoms with E-state index < -0.39 is 0 Å². The summed E-state index contributed by atoms with van der Waals surface area (Å²) in [4.78, 5) is 11.2. The molecule has 0 bridgehead atoms. The maximum atomic E-state index is 11.0. The third kappa shape index (κ3) is 9.41. The Kier molecular flexibility index (Phi) is 8.47. The van der Waals surface area contributed by atoms with Crippen molar-refractivity contribution in [3.8, 4) is 0 Å². The van der Waals surface area contributed by atoms with Gasteiger partial charge in [0.15, 0.2) is 0 Å². The number of hydrogen-bond acceptors (Lipinski definition) is 3. The van der Waals surface area contributed by atoms with Gasteiger partial charge in [0, 0.05) is 13.2 Å². The Morgan fingerprint density at radius 1 is 1.50 bits per heavy atom. The standard InChI is InChI=1S/C9H18N2O2S/c1-2-3-5-13-6-4-11-9(12)7-8(10)14/h2-7H2,1H3,(H2,10,14)(H,11,12). The van der Waals surface area contributed by atoms with Crippen LogP contribution in [0.1, 0.15) is 26.2 Å². The van der Waals surface area contributed by atoms with Gasteiger partial charge in [-0.3, -0.25) is 4.79 Å². The number of unbranched alkanes of at least 4 members (excludes halogenated alkanes) is 1. The molecule has 0 aliphatic rings. The maximum absolute atomic E-state index is 11.0. The van der Waals surface area contributed by atoms with E-state index in [-0.39, 0.29) is 17.3 Å². The van der Waals surface area contributed by atoms with Crippen LogP contribution in [0.2, 0.25) is 0 Å². The lowest BCUT2D eigenvalue weighted by atomic mass is 10.4. The maximum Gasteiger partial charge on any atom is 0.226 e. The quantitative estimate of drug-likeness (QED) is 0.462. The smallest absolute Gasteiger partial charge is 0.226 e. The minimum absolute atomic E-state index is 0.115. The van der Waals surface area contributed by atoms with Gasteiger partial charge in [-0.2, -0.15) is 0 Å². The fourth-order valence-electron chi connectivity index (χ4n) is 0.832. The first-order valence-electron chi connectivity index (χ1n) is 4.79. The third-order valence-corrected chi connectivity index (χ3v) is 1.69. The minimum Gasteiger partial charge on any atom is -0.393 e. The van der Waals surface area contributed by atoms with Crippen molar-refractivity contribution in [3.05, 3.63) is 0 Å². The number of amides is 1. The Balaban J connectivity index is 3.19. The summed E-state index contributed by atoms with van der Waals surface area (Å²) in [5.41, 5.74) is 5.20. The number of ether oxygens (including phenoxy) is 1. The average molecular weight is 218 g/mol. The van der Waals surface area contributed by atoms with Crippen LogP contribution < -0.4 is 11.1 Å². The molecule has 14 heavy (non-hydrogen) atoms. The molecule has 0 aliphatic heterocycles.